The van der Waals surface area contributed by atoms with Gasteiger partial charge >= 0.3 is 5.97 Å². The van der Waals surface area contributed by atoms with Crippen LogP contribution < -0.4 is 15.0 Å². The van der Waals surface area contributed by atoms with Crippen molar-refractivity contribution in [3.05, 3.63) is 18.2 Å². The van der Waals surface area contributed by atoms with Gasteiger partial charge in [-0.2, -0.15) is 0 Å². The first kappa shape index (κ1) is 13.2. The third kappa shape index (κ3) is 2.78. The summed E-state index contributed by atoms with van der Waals surface area (Å²) in [7, 11) is 3.13. The molecule has 0 bridgehead atoms. The maximum Gasteiger partial charge on any atom is 0.307 e. The molecule has 1 amide bonds. The van der Waals surface area contributed by atoms with Crippen molar-refractivity contribution in [1.82, 2.24) is 0 Å². The molecule has 0 fully saturated rings. The SMILES string of the molecule is CNc1ccc2c(c1)N(CCC(=O)OC)C(=O)CO2. The van der Waals surface area contributed by atoms with E-state index in [9.17, 15) is 9.59 Å². The van der Waals surface area contributed by atoms with Crippen LogP contribution in [0.2, 0.25) is 0 Å². The van der Waals surface area contributed by atoms with Crippen molar-refractivity contribution in [2.24, 2.45) is 0 Å². The van der Waals surface area contributed by atoms with E-state index in [0.717, 1.165) is 5.69 Å². The average Bonchev–Trinajstić information content (AvgIpc) is 2.45. The van der Waals surface area contributed by atoms with Gasteiger partial charge in [-0.3, -0.25) is 9.59 Å². The number of anilines is 2. The van der Waals surface area contributed by atoms with Crippen LogP contribution >= 0.6 is 0 Å². The lowest BCUT2D eigenvalue weighted by Crippen LogP contribution is -2.40. The highest BCUT2D eigenvalue weighted by molar-refractivity contribution is 5.98. The first-order valence-corrected chi connectivity index (χ1v) is 5.97. The molecule has 2 rings (SSSR count). The average molecular weight is 264 g/mol. The second kappa shape index (κ2) is 5.60. The molecule has 0 atom stereocenters. The van der Waals surface area contributed by atoms with Crippen LogP contribution in [0.4, 0.5) is 11.4 Å². The number of hydrogen-bond acceptors (Lipinski definition) is 5. The zero-order valence-electron chi connectivity index (χ0n) is 10.9. The largest absolute Gasteiger partial charge is 0.482 e. The molecule has 0 spiro atoms. The fraction of sp³-hybridized carbons (Fsp3) is 0.385. The predicted molar refractivity (Wildman–Crippen MR) is 70.5 cm³/mol. The molecule has 19 heavy (non-hydrogen) atoms. The van der Waals surface area contributed by atoms with Gasteiger partial charge in [-0.15, -0.1) is 0 Å². The molecule has 1 aliphatic rings. The van der Waals surface area contributed by atoms with Gasteiger partial charge in [0.15, 0.2) is 6.61 Å². The molecule has 6 heteroatoms. The Morgan fingerprint density at radius 1 is 1.53 bits per heavy atom. The van der Waals surface area contributed by atoms with Gasteiger partial charge in [-0.05, 0) is 18.2 Å². The quantitative estimate of drug-likeness (QED) is 0.822. The summed E-state index contributed by atoms with van der Waals surface area (Å²) in [5.41, 5.74) is 1.55. The number of methoxy groups -OCH3 is 1. The Balaban J connectivity index is 2.23. The maximum absolute atomic E-state index is 11.9. The zero-order chi connectivity index (χ0) is 13.8. The second-order valence-corrected chi connectivity index (χ2v) is 4.09. The zero-order valence-corrected chi connectivity index (χ0v) is 10.9. The molecule has 1 aromatic rings. The van der Waals surface area contributed by atoms with Gasteiger partial charge in [0, 0.05) is 19.3 Å². The number of carbonyl (C=O) groups excluding carboxylic acids is 2. The van der Waals surface area contributed by atoms with Crippen molar-refractivity contribution < 1.29 is 19.1 Å². The standard InChI is InChI=1S/C13H16N2O4/c1-14-9-3-4-11-10(7-9)15(12(16)8-19-11)6-5-13(17)18-2/h3-4,7,14H,5-6,8H2,1-2H3. The van der Waals surface area contributed by atoms with E-state index in [-0.39, 0.29) is 31.4 Å². The Hall–Kier alpha value is -2.24. The summed E-state index contributed by atoms with van der Waals surface area (Å²) in [6, 6.07) is 5.50. The Labute approximate surface area is 111 Å². The minimum absolute atomic E-state index is 0.00687. The van der Waals surface area contributed by atoms with E-state index >= 15 is 0 Å². The number of hydrogen-bond donors (Lipinski definition) is 1. The summed E-state index contributed by atoms with van der Waals surface area (Å²) in [6.07, 6.45) is 0.158. The Morgan fingerprint density at radius 2 is 2.32 bits per heavy atom. The van der Waals surface area contributed by atoms with Crippen molar-refractivity contribution in [2.45, 2.75) is 6.42 Å². The van der Waals surface area contributed by atoms with E-state index in [1.54, 1.807) is 18.0 Å². The maximum atomic E-state index is 11.9. The molecule has 0 unspecified atom stereocenters. The van der Waals surface area contributed by atoms with Gasteiger partial charge in [0.25, 0.3) is 5.91 Å². The molecule has 1 aromatic carbocycles. The number of ether oxygens (including phenoxy) is 2. The molecular weight excluding hydrogens is 248 g/mol. The molecule has 1 N–H and O–H groups in total. The minimum Gasteiger partial charge on any atom is -0.482 e. The van der Waals surface area contributed by atoms with Gasteiger partial charge in [0.1, 0.15) is 5.75 Å². The number of fused-ring (bicyclic) bond motifs is 1. The summed E-state index contributed by atoms with van der Waals surface area (Å²) >= 11 is 0. The van der Waals surface area contributed by atoms with Crippen LogP contribution in [-0.2, 0) is 14.3 Å². The summed E-state index contributed by atoms with van der Waals surface area (Å²) < 4.78 is 9.95. The molecule has 0 radical (unpaired) electrons. The molecule has 0 aromatic heterocycles. The number of carbonyl (C=O) groups is 2. The van der Waals surface area contributed by atoms with Crippen LogP contribution in [-0.4, -0.2) is 39.2 Å². The summed E-state index contributed by atoms with van der Waals surface area (Å²) in [4.78, 5) is 24.6. The van der Waals surface area contributed by atoms with Crippen LogP contribution in [0.15, 0.2) is 18.2 Å². The topological polar surface area (TPSA) is 67.9 Å². The number of esters is 1. The van der Waals surface area contributed by atoms with Crippen LogP contribution in [0.5, 0.6) is 5.75 Å². The van der Waals surface area contributed by atoms with E-state index in [0.29, 0.717) is 11.4 Å². The number of nitrogens with zero attached hydrogens (tertiary/aromatic N) is 1. The fourth-order valence-electron chi connectivity index (χ4n) is 1.91. The van der Waals surface area contributed by atoms with E-state index in [2.05, 4.69) is 10.1 Å². The highest BCUT2D eigenvalue weighted by atomic mass is 16.5. The monoisotopic (exact) mass is 264 g/mol. The third-order valence-electron chi connectivity index (χ3n) is 2.96. The summed E-state index contributed by atoms with van der Waals surface area (Å²) in [5.74, 6) is 0.138. The number of rotatable bonds is 4. The molecule has 1 heterocycles. The van der Waals surface area contributed by atoms with Crippen molar-refractivity contribution >= 4 is 23.3 Å². The number of amides is 1. The van der Waals surface area contributed by atoms with Gasteiger partial charge in [0.2, 0.25) is 0 Å². The van der Waals surface area contributed by atoms with E-state index in [1.165, 1.54) is 7.11 Å². The Kier molecular flexibility index (Phi) is 3.89. The predicted octanol–water partition coefficient (Wildman–Crippen LogP) is 1.02. The van der Waals surface area contributed by atoms with Crippen molar-refractivity contribution in [2.75, 3.05) is 37.5 Å². The lowest BCUT2D eigenvalue weighted by molar-refractivity contribution is -0.140. The number of benzene rings is 1. The minimum atomic E-state index is -0.342. The van der Waals surface area contributed by atoms with E-state index in [1.807, 2.05) is 12.1 Å². The van der Waals surface area contributed by atoms with Crippen molar-refractivity contribution in [3.8, 4) is 5.75 Å². The third-order valence-corrected chi connectivity index (χ3v) is 2.96. The molecule has 0 saturated carbocycles. The van der Waals surface area contributed by atoms with Crippen LogP contribution in [0.3, 0.4) is 0 Å². The molecule has 6 nitrogen and oxygen atoms in total. The molecule has 0 saturated heterocycles. The van der Waals surface area contributed by atoms with E-state index < -0.39 is 0 Å². The van der Waals surface area contributed by atoms with Gasteiger partial charge in [-0.1, -0.05) is 0 Å². The Bertz CT molecular complexity index is 501. The first-order chi connectivity index (χ1) is 9.15. The fourth-order valence-corrected chi connectivity index (χ4v) is 1.91. The van der Waals surface area contributed by atoms with Crippen molar-refractivity contribution in [1.29, 1.82) is 0 Å². The number of nitrogens with one attached hydrogen (secondary N) is 1. The van der Waals surface area contributed by atoms with Gasteiger partial charge in [-0.25, -0.2) is 0 Å². The normalized spacial score (nSPS) is 13.6. The smallest absolute Gasteiger partial charge is 0.307 e. The molecule has 0 aliphatic carbocycles. The lowest BCUT2D eigenvalue weighted by Gasteiger charge is -2.29. The molecule has 102 valence electrons. The highest BCUT2D eigenvalue weighted by Gasteiger charge is 2.26. The van der Waals surface area contributed by atoms with Crippen LogP contribution in [0.1, 0.15) is 6.42 Å². The molecule has 1 aliphatic heterocycles. The first-order valence-electron chi connectivity index (χ1n) is 5.97. The molecular formula is C13H16N2O4. The van der Waals surface area contributed by atoms with Gasteiger partial charge in [0.05, 0.1) is 19.2 Å². The van der Waals surface area contributed by atoms with E-state index in [4.69, 9.17) is 4.74 Å². The van der Waals surface area contributed by atoms with Crippen molar-refractivity contribution in [3.63, 3.8) is 0 Å². The summed E-state index contributed by atoms with van der Waals surface area (Å²) in [6.45, 7) is 0.280. The van der Waals surface area contributed by atoms with Crippen LogP contribution in [0, 0.1) is 0 Å². The van der Waals surface area contributed by atoms with Gasteiger partial charge < -0.3 is 19.7 Å². The Morgan fingerprint density at radius 3 is 3.00 bits per heavy atom. The highest BCUT2D eigenvalue weighted by Crippen LogP contribution is 2.34. The lowest BCUT2D eigenvalue weighted by atomic mass is 10.2. The van der Waals surface area contributed by atoms with Crippen LogP contribution in [0.25, 0.3) is 0 Å². The summed E-state index contributed by atoms with van der Waals surface area (Å²) in [5, 5.41) is 3.00. The second-order valence-electron chi connectivity index (χ2n) is 4.09.